The van der Waals surface area contributed by atoms with E-state index in [1.165, 1.54) is 17.3 Å². The van der Waals surface area contributed by atoms with E-state index in [-0.39, 0.29) is 5.91 Å². The van der Waals surface area contributed by atoms with Crippen LogP contribution in [0, 0.1) is 0 Å². The Morgan fingerprint density at radius 1 is 1.22 bits per heavy atom. The normalized spacial score (nSPS) is 11.8. The summed E-state index contributed by atoms with van der Waals surface area (Å²) in [6, 6.07) is 9.33. The number of aromatic nitrogens is 5. The predicted molar refractivity (Wildman–Crippen MR) is 102 cm³/mol. The highest BCUT2D eigenvalue weighted by atomic mass is 16.2. The number of amides is 1. The minimum Gasteiger partial charge on any atom is -0.359 e. The van der Waals surface area contributed by atoms with E-state index in [0.717, 1.165) is 30.0 Å². The van der Waals surface area contributed by atoms with E-state index in [4.69, 9.17) is 0 Å². The Bertz CT molecular complexity index is 852. The molecule has 0 spiro atoms. The maximum absolute atomic E-state index is 12.4. The maximum atomic E-state index is 12.4. The monoisotopic (exact) mass is 365 g/mol. The van der Waals surface area contributed by atoms with Crippen molar-refractivity contribution in [2.75, 3.05) is 18.5 Å². The van der Waals surface area contributed by atoms with E-state index in [1.807, 2.05) is 37.4 Å². The lowest BCUT2D eigenvalue weighted by molar-refractivity contribution is -0.124. The van der Waals surface area contributed by atoms with Gasteiger partial charge in [-0.15, -0.1) is 0 Å². The molecule has 0 aromatic carbocycles. The predicted octanol–water partition coefficient (Wildman–Crippen LogP) is 1.62. The van der Waals surface area contributed by atoms with Crippen molar-refractivity contribution in [1.29, 1.82) is 0 Å². The number of hydrogen-bond donors (Lipinski definition) is 1. The van der Waals surface area contributed by atoms with Crippen LogP contribution in [-0.2, 0) is 17.8 Å². The maximum Gasteiger partial charge on any atom is 0.244 e. The van der Waals surface area contributed by atoms with Crippen LogP contribution in [0.1, 0.15) is 24.2 Å². The first-order chi connectivity index (χ1) is 13.1. The van der Waals surface area contributed by atoms with Crippen LogP contribution >= 0.6 is 0 Å². The van der Waals surface area contributed by atoms with Crippen LogP contribution < -0.4 is 10.2 Å². The number of likely N-dealkylation sites (N-methyl/N-ethyl adjacent to an activating group) is 1. The second-order valence-corrected chi connectivity index (χ2v) is 6.25. The van der Waals surface area contributed by atoms with Crippen LogP contribution in [0.3, 0.4) is 0 Å². The van der Waals surface area contributed by atoms with Gasteiger partial charge in [0.05, 0.1) is 0 Å². The number of carbonyl (C=O) groups is 1. The van der Waals surface area contributed by atoms with Gasteiger partial charge in [0.1, 0.15) is 24.5 Å². The lowest BCUT2D eigenvalue weighted by Gasteiger charge is -2.21. The average Bonchev–Trinajstić information content (AvgIpc) is 3.25. The number of carbonyl (C=O) groups excluding carboxylic acids is 1. The third-order valence-corrected chi connectivity index (χ3v) is 4.32. The first-order valence-corrected chi connectivity index (χ1v) is 8.82. The van der Waals surface area contributed by atoms with Gasteiger partial charge in [-0.25, -0.2) is 14.6 Å². The van der Waals surface area contributed by atoms with Crippen molar-refractivity contribution in [2.45, 2.75) is 25.9 Å². The van der Waals surface area contributed by atoms with Crippen LogP contribution in [0.5, 0.6) is 0 Å². The lowest BCUT2D eigenvalue weighted by Crippen LogP contribution is -2.32. The third-order valence-electron chi connectivity index (χ3n) is 4.32. The molecule has 1 N–H and O–H groups in total. The SMILES string of the molecule is CC(C(=O)NCc1cccnc1N(C)CCc1ccccn1)n1cncn1. The van der Waals surface area contributed by atoms with E-state index in [0.29, 0.717) is 6.54 Å². The molecule has 0 saturated carbocycles. The summed E-state index contributed by atoms with van der Waals surface area (Å²) in [6.07, 6.45) is 7.33. The number of anilines is 1. The molecule has 1 amide bonds. The van der Waals surface area contributed by atoms with E-state index in [9.17, 15) is 4.79 Å². The number of pyridine rings is 2. The quantitative estimate of drug-likeness (QED) is 0.653. The Labute approximate surface area is 158 Å². The van der Waals surface area contributed by atoms with Gasteiger partial charge in [0, 0.05) is 50.2 Å². The summed E-state index contributed by atoms with van der Waals surface area (Å²) in [4.78, 5) is 27.2. The molecule has 3 heterocycles. The van der Waals surface area contributed by atoms with Crippen LogP contribution in [0.2, 0.25) is 0 Å². The molecule has 0 fully saturated rings. The standard InChI is InChI=1S/C19H23N7O/c1-15(26-14-20-13-24-26)19(27)23-12-16-6-5-10-22-18(16)25(2)11-8-17-7-3-4-9-21-17/h3-7,9-10,13-15H,8,11-12H2,1-2H3,(H,23,27). The molecule has 0 aliphatic heterocycles. The van der Waals surface area contributed by atoms with E-state index in [2.05, 4.69) is 30.3 Å². The number of nitrogens with zero attached hydrogens (tertiary/aromatic N) is 6. The topological polar surface area (TPSA) is 88.8 Å². The first-order valence-electron chi connectivity index (χ1n) is 8.82. The number of rotatable bonds is 8. The molecule has 1 atom stereocenters. The second kappa shape index (κ2) is 8.88. The summed E-state index contributed by atoms with van der Waals surface area (Å²) < 4.78 is 1.53. The highest BCUT2D eigenvalue weighted by molar-refractivity contribution is 5.79. The molecule has 3 aromatic heterocycles. The number of hydrogen-bond acceptors (Lipinski definition) is 6. The third kappa shape index (κ3) is 4.87. The molecule has 140 valence electrons. The first kappa shape index (κ1) is 18.5. The summed E-state index contributed by atoms with van der Waals surface area (Å²) in [5.74, 6) is 0.730. The molecule has 8 heteroatoms. The largest absolute Gasteiger partial charge is 0.359 e. The minimum absolute atomic E-state index is 0.119. The summed E-state index contributed by atoms with van der Waals surface area (Å²) in [6.45, 7) is 2.96. The van der Waals surface area contributed by atoms with Gasteiger partial charge in [-0.3, -0.25) is 9.78 Å². The van der Waals surface area contributed by atoms with Crippen LogP contribution in [0.15, 0.2) is 55.4 Å². The molecule has 0 saturated heterocycles. The van der Waals surface area contributed by atoms with Gasteiger partial charge in [0.15, 0.2) is 0 Å². The lowest BCUT2D eigenvalue weighted by atomic mass is 10.2. The number of nitrogens with one attached hydrogen (secondary N) is 1. The van der Waals surface area contributed by atoms with Gasteiger partial charge in [-0.05, 0) is 25.1 Å². The van der Waals surface area contributed by atoms with Crippen molar-refractivity contribution in [3.8, 4) is 0 Å². The van der Waals surface area contributed by atoms with Crippen molar-refractivity contribution in [3.63, 3.8) is 0 Å². The van der Waals surface area contributed by atoms with Crippen LogP contribution in [-0.4, -0.2) is 44.2 Å². The van der Waals surface area contributed by atoms with Crippen molar-refractivity contribution in [1.82, 2.24) is 30.0 Å². The Kier molecular flexibility index (Phi) is 6.09. The molecule has 3 rings (SSSR count). The Hall–Kier alpha value is -3.29. The molecule has 3 aromatic rings. The zero-order valence-corrected chi connectivity index (χ0v) is 15.5. The molecule has 8 nitrogen and oxygen atoms in total. The van der Waals surface area contributed by atoms with Crippen molar-refractivity contribution >= 4 is 11.7 Å². The average molecular weight is 365 g/mol. The molecule has 1 unspecified atom stereocenters. The minimum atomic E-state index is -0.422. The van der Waals surface area contributed by atoms with Gasteiger partial charge in [0.25, 0.3) is 0 Å². The summed E-state index contributed by atoms with van der Waals surface area (Å²) >= 11 is 0. The highest BCUT2D eigenvalue weighted by Gasteiger charge is 2.16. The van der Waals surface area contributed by atoms with Crippen LogP contribution in [0.25, 0.3) is 0 Å². The Balaban J connectivity index is 1.60. The van der Waals surface area contributed by atoms with Crippen molar-refractivity contribution in [3.05, 3.63) is 66.6 Å². The van der Waals surface area contributed by atoms with Gasteiger partial charge >= 0.3 is 0 Å². The Morgan fingerprint density at radius 3 is 2.81 bits per heavy atom. The molecule has 27 heavy (non-hydrogen) atoms. The fraction of sp³-hybridized carbons (Fsp3) is 0.316. The zero-order chi connectivity index (χ0) is 19.1. The van der Waals surface area contributed by atoms with Crippen molar-refractivity contribution in [2.24, 2.45) is 0 Å². The van der Waals surface area contributed by atoms with Gasteiger partial charge in [0.2, 0.25) is 5.91 Å². The van der Waals surface area contributed by atoms with Gasteiger partial charge in [-0.2, -0.15) is 5.10 Å². The highest BCUT2D eigenvalue weighted by Crippen LogP contribution is 2.16. The molecule has 0 aliphatic rings. The summed E-state index contributed by atoms with van der Waals surface area (Å²) in [7, 11) is 1.99. The van der Waals surface area contributed by atoms with Crippen LogP contribution in [0.4, 0.5) is 5.82 Å². The Morgan fingerprint density at radius 2 is 2.07 bits per heavy atom. The smallest absolute Gasteiger partial charge is 0.244 e. The summed E-state index contributed by atoms with van der Waals surface area (Å²) in [5.41, 5.74) is 2.00. The van der Waals surface area contributed by atoms with E-state index in [1.54, 1.807) is 19.3 Å². The van der Waals surface area contributed by atoms with Gasteiger partial charge in [-0.1, -0.05) is 12.1 Å². The van der Waals surface area contributed by atoms with E-state index < -0.39 is 6.04 Å². The molecule has 0 radical (unpaired) electrons. The van der Waals surface area contributed by atoms with E-state index >= 15 is 0 Å². The van der Waals surface area contributed by atoms with Crippen molar-refractivity contribution < 1.29 is 4.79 Å². The molecular formula is C19H23N7O. The molecular weight excluding hydrogens is 342 g/mol. The fourth-order valence-corrected chi connectivity index (χ4v) is 2.71. The molecule has 0 aliphatic carbocycles. The fourth-order valence-electron chi connectivity index (χ4n) is 2.71. The molecule has 0 bridgehead atoms. The summed E-state index contributed by atoms with van der Waals surface area (Å²) in [5, 5.41) is 6.96. The zero-order valence-electron chi connectivity index (χ0n) is 15.5. The second-order valence-electron chi connectivity index (χ2n) is 6.25. The van der Waals surface area contributed by atoms with Gasteiger partial charge < -0.3 is 10.2 Å².